The van der Waals surface area contributed by atoms with Crippen LogP contribution >= 0.6 is 0 Å². The van der Waals surface area contributed by atoms with E-state index in [0.29, 0.717) is 18.4 Å². The highest BCUT2D eigenvalue weighted by Crippen LogP contribution is 2.03. The maximum absolute atomic E-state index is 5.25. The molecule has 0 saturated carbocycles. The van der Waals surface area contributed by atoms with Gasteiger partial charge in [0.25, 0.3) is 5.95 Å². The standard InChI is InChI=1S/C5H10N4O/c1-9(2)5-7-4(3-6)10-8-5/h3,6H2,1-2H3. The van der Waals surface area contributed by atoms with Crippen molar-refractivity contribution in [3.8, 4) is 0 Å². The molecule has 0 radical (unpaired) electrons. The third-order valence-corrected chi connectivity index (χ3v) is 1.03. The van der Waals surface area contributed by atoms with Gasteiger partial charge in [0.1, 0.15) is 0 Å². The van der Waals surface area contributed by atoms with Gasteiger partial charge in [0.15, 0.2) is 0 Å². The van der Waals surface area contributed by atoms with E-state index in [9.17, 15) is 0 Å². The Morgan fingerprint density at radius 3 is 2.60 bits per heavy atom. The highest BCUT2D eigenvalue weighted by atomic mass is 16.5. The van der Waals surface area contributed by atoms with Crippen LogP contribution in [0.2, 0.25) is 0 Å². The Balaban J connectivity index is 2.78. The van der Waals surface area contributed by atoms with Gasteiger partial charge >= 0.3 is 0 Å². The van der Waals surface area contributed by atoms with Crippen LogP contribution in [0.4, 0.5) is 5.95 Å². The largest absolute Gasteiger partial charge is 0.344 e. The zero-order valence-corrected chi connectivity index (χ0v) is 6.03. The first kappa shape index (κ1) is 7.01. The van der Waals surface area contributed by atoms with Gasteiger partial charge in [-0.1, -0.05) is 0 Å². The van der Waals surface area contributed by atoms with Crippen LogP contribution in [0.1, 0.15) is 5.89 Å². The van der Waals surface area contributed by atoms with Crippen molar-refractivity contribution >= 4 is 5.95 Å². The van der Waals surface area contributed by atoms with Crippen molar-refractivity contribution in [2.75, 3.05) is 19.0 Å². The van der Waals surface area contributed by atoms with Gasteiger partial charge in [0.05, 0.1) is 6.54 Å². The predicted octanol–water partition coefficient (Wildman–Crippen LogP) is -0.406. The normalized spacial score (nSPS) is 9.90. The predicted molar refractivity (Wildman–Crippen MR) is 36.5 cm³/mol. The molecule has 2 N–H and O–H groups in total. The fraction of sp³-hybridized carbons (Fsp3) is 0.600. The summed E-state index contributed by atoms with van der Waals surface area (Å²) < 4.78 is 4.75. The Kier molecular flexibility index (Phi) is 1.86. The molecular weight excluding hydrogens is 132 g/mol. The minimum Gasteiger partial charge on any atom is -0.344 e. The average molecular weight is 142 g/mol. The Morgan fingerprint density at radius 1 is 1.60 bits per heavy atom. The zero-order valence-electron chi connectivity index (χ0n) is 6.03. The van der Waals surface area contributed by atoms with Crippen molar-refractivity contribution < 1.29 is 4.52 Å². The summed E-state index contributed by atoms with van der Waals surface area (Å²) in [4.78, 5) is 5.70. The average Bonchev–Trinajstić information content (AvgIpc) is 2.34. The number of nitrogens with zero attached hydrogens (tertiary/aromatic N) is 3. The summed E-state index contributed by atoms with van der Waals surface area (Å²) in [5, 5.41) is 3.65. The van der Waals surface area contributed by atoms with Crippen molar-refractivity contribution in [3.05, 3.63) is 5.89 Å². The first-order valence-corrected chi connectivity index (χ1v) is 2.94. The van der Waals surface area contributed by atoms with Gasteiger partial charge in [-0.15, -0.1) is 0 Å². The molecule has 0 aliphatic heterocycles. The molecular formula is C5H10N4O. The summed E-state index contributed by atoms with van der Waals surface area (Å²) in [6.45, 7) is 0.292. The van der Waals surface area contributed by atoms with Crippen molar-refractivity contribution in [1.82, 2.24) is 10.1 Å². The van der Waals surface area contributed by atoms with Crippen LogP contribution in [-0.2, 0) is 6.54 Å². The Hall–Kier alpha value is -1.10. The first-order chi connectivity index (χ1) is 4.74. The van der Waals surface area contributed by atoms with Crippen LogP contribution < -0.4 is 10.6 Å². The minimum atomic E-state index is 0.292. The molecule has 0 bridgehead atoms. The molecule has 56 valence electrons. The lowest BCUT2D eigenvalue weighted by atomic mass is 10.7. The maximum atomic E-state index is 5.25. The van der Waals surface area contributed by atoms with E-state index in [2.05, 4.69) is 10.1 Å². The SMILES string of the molecule is CN(C)c1noc(CN)n1. The van der Waals surface area contributed by atoms with Gasteiger partial charge in [0.2, 0.25) is 5.89 Å². The Morgan fingerprint density at radius 2 is 2.30 bits per heavy atom. The number of rotatable bonds is 2. The van der Waals surface area contributed by atoms with Gasteiger partial charge in [-0.3, -0.25) is 0 Å². The van der Waals surface area contributed by atoms with Gasteiger partial charge in [0, 0.05) is 14.1 Å². The Bertz CT molecular complexity index is 207. The molecule has 10 heavy (non-hydrogen) atoms. The zero-order chi connectivity index (χ0) is 7.56. The lowest BCUT2D eigenvalue weighted by Crippen LogP contribution is -2.10. The second kappa shape index (κ2) is 2.66. The summed E-state index contributed by atoms with van der Waals surface area (Å²) in [5.41, 5.74) is 5.25. The monoisotopic (exact) mass is 142 g/mol. The molecule has 1 aromatic heterocycles. The molecule has 0 spiro atoms. The third kappa shape index (κ3) is 1.24. The molecule has 1 aromatic rings. The van der Waals surface area contributed by atoms with Gasteiger partial charge in [-0.05, 0) is 5.16 Å². The van der Waals surface area contributed by atoms with Crippen LogP contribution in [0, 0.1) is 0 Å². The summed E-state index contributed by atoms with van der Waals surface area (Å²) in [6, 6.07) is 0. The molecule has 0 aromatic carbocycles. The van der Waals surface area contributed by atoms with Gasteiger partial charge in [-0.25, -0.2) is 0 Å². The van der Waals surface area contributed by atoms with E-state index in [1.54, 1.807) is 4.90 Å². The second-order valence-corrected chi connectivity index (χ2v) is 2.09. The number of hydrogen-bond acceptors (Lipinski definition) is 5. The highest BCUT2D eigenvalue weighted by Gasteiger charge is 2.04. The Labute approximate surface area is 58.8 Å². The number of nitrogens with two attached hydrogens (primary N) is 1. The highest BCUT2D eigenvalue weighted by molar-refractivity contribution is 5.23. The number of aromatic nitrogens is 2. The third-order valence-electron chi connectivity index (χ3n) is 1.03. The summed E-state index contributed by atoms with van der Waals surface area (Å²) in [6.07, 6.45) is 0. The summed E-state index contributed by atoms with van der Waals surface area (Å²) in [7, 11) is 3.68. The van der Waals surface area contributed by atoms with Gasteiger partial charge in [-0.2, -0.15) is 4.98 Å². The molecule has 5 nitrogen and oxygen atoms in total. The lowest BCUT2D eigenvalue weighted by Gasteiger charge is -2.01. The number of hydrogen-bond donors (Lipinski definition) is 1. The molecule has 0 unspecified atom stereocenters. The number of anilines is 1. The van der Waals surface area contributed by atoms with Crippen LogP contribution in [0.15, 0.2) is 4.52 Å². The van der Waals surface area contributed by atoms with E-state index >= 15 is 0 Å². The van der Waals surface area contributed by atoms with Crippen LogP contribution in [0.5, 0.6) is 0 Å². The molecule has 0 atom stereocenters. The molecule has 0 saturated heterocycles. The minimum absolute atomic E-state index is 0.292. The van der Waals surface area contributed by atoms with Crippen molar-refractivity contribution in [2.45, 2.75) is 6.54 Å². The summed E-state index contributed by atoms with van der Waals surface area (Å²) >= 11 is 0. The van der Waals surface area contributed by atoms with E-state index in [4.69, 9.17) is 10.3 Å². The molecule has 0 amide bonds. The van der Waals surface area contributed by atoms with Crippen molar-refractivity contribution in [1.29, 1.82) is 0 Å². The molecule has 0 aliphatic rings. The van der Waals surface area contributed by atoms with Crippen LogP contribution in [0.25, 0.3) is 0 Å². The van der Waals surface area contributed by atoms with Crippen molar-refractivity contribution in [3.63, 3.8) is 0 Å². The first-order valence-electron chi connectivity index (χ1n) is 2.94. The van der Waals surface area contributed by atoms with Crippen LogP contribution in [-0.4, -0.2) is 24.2 Å². The van der Waals surface area contributed by atoms with E-state index < -0.39 is 0 Å². The fourth-order valence-corrected chi connectivity index (χ4v) is 0.510. The van der Waals surface area contributed by atoms with E-state index in [1.165, 1.54) is 0 Å². The molecule has 5 heteroatoms. The fourth-order valence-electron chi connectivity index (χ4n) is 0.510. The van der Waals surface area contributed by atoms with E-state index in [0.717, 1.165) is 0 Å². The van der Waals surface area contributed by atoms with Crippen LogP contribution in [0.3, 0.4) is 0 Å². The molecule has 1 heterocycles. The molecule has 1 rings (SSSR count). The van der Waals surface area contributed by atoms with E-state index in [1.807, 2.05) is 14.1 Å². The van der Waals surface area contributed by atoms with E-state index in [-0.39, 0.29) is 0 Å². The smallest absolute Gasteiger partial charge is 0.265 e. The maximum Gasteiger partial charge on any atom is 0.265 e. The lowest BCUT2D eigenvalue weighted by molar-refractivity contribution is 0.380. The quantitative estimate of drug-likeness (QED) is 0.608. The molecule has 0 fully saturated rings. The second-order valence-electron chi connectivity index (χ2n) is 2.09. The topological polar surface area (TPSA) is 68.2 Å². The van der Waals surface area contributed by atoms with Crippen molar-refractivity contribution in [2.24, 2.45) is 5.73 Å². The molecule has 0 aliphatic carbocycles. The summed E-state index contributed by atoms with van der Waals surface area (Å²) in [5.74, 6) is 1.02. The van der Waals surface area contributed by atoms with Gasteiger partial charge < -0.3 is 15.2 Å².